The molecule has 1 aliphatic carbocycles. The Kier molecular flexibility index (Phi) is 25.4. The highest BCUT2D eigenvalue weighted by Crippen LogP contribution is 2.27. The minimum Gasteiger partial charge on any atom is -0.203 e. The third-order valence-corrected chi connectivity index (χ3v) is 6.31. The number of benzene rings is 2. The zero-order chi connectivity index (χ0) is 33.6. The highest BCUT2D eigenvalue weighted by Gasteiger charge is 2.19. The molecule has 0 aromatic heterocycles. The average Bonchev–Trinajstić information content (AvgIpc) is 2.96. The van der Waals surface area contributed by atoms with E-state index in [2.05, 4.69) is 98.4 Å². The summed E-state index contributed by atoms with van der Waals surface area (Å²) in [6.45, 7) is 29.8. The second kappa shape index (κ2) is 24.2. The molecule has 3 rings (SSSR count). The third-order valence-electron chi connectivity index (χ3n) is 6.31. The Bertz CT molecular complexity index is 901. The van der Waals surface area contributed by atoms with Crippen LogP contribution in [0.3, 0.4) is 0 Å². The molecule has 1 fully saturated rings. The summed E-state index contributed by atoms with van der Waals surface area (Å²) in [7, 11) is 0. The van der Waals surface area contributed by atoms with Gasteiger partial charge in [0.15, 0.2) is 23.3 Å². The monoisotopic (exact) mass is 594 g/mol. The van der Waals surface area contributed by atoms with Crippen molar-refractivity contribution < 1.29 is 17.6 Å². The molecule has 0 heterocycles. The van der Waals surface area contributed by atoms with Crippen LogP contribution in [-0.4, -0.2) is 0 Å². The van der Waals surface area contributed by atoms with Crippen molar-refractivity contribution in [3.05, 3.63) is 69.8 Å². The number of halogens is 4. The molecule has 1 saturated carbocycles. The van der Waals surface area contributed by atoms with Crippen LogP contribution in [0.15, 0.2) is 24.3 Å². The molecular weight excluding hydrogens is 532 g/mol. The second-order valence-electron chi connectivity index (χ2n) is 12.6. The first-order chi connectivity index (χ1) is 19.4. The molecule has 0 radical (unpaired) electrons. The van der Waals surface area contributed by atoms with Gasteiger partial charge in [-0.1, -0.05) is 126 Å². The van der Waals surface area contributed by atoms with Crippen LogP contribution in [-0.2, 0) is 6.42 Å². The fourth-order valence-electron chi connectivity index (χ4n) is 3.70. The molecule has 0 nitrogen and oxygen atoms in total. The molecule has 0 N–H and O–H groups in total. The van der Waals surface area contributed by atoms with E-state index in [-0.39, 0.29) is 0 Å². The van der Waals surface area contributed by atoms with Crippen molar-refractivity contribution in [2.24, 2.45) is 17.3 Å². The van der Waals surface area contributed by atoms with E-state index in [1.165, 1.54) is 36.8 Å². The van der Waals surface area contributed by atoms with E-state index in [1.807, 2.05) is 27.7 Å². The van der Waals surface area contributed by atoms with Crippen molar-refractivity contribution in [2.45, 2.75) is 142 Å². The zero-order valence-electron chi connectivity index (χ0n) is 29.6. The van der Waals surface area contributed by atoms with Crippen LogP contribution >= 0.6 is 0 Å². The second-order valence-corrected chi connectivity index (χ2v) is 12.6. The summed E-state index contributed by atoms with van der Waals surface area (Å²) in [5.41, 5.74) is 2.23. The van der Waals surface area contributed by atoms with E-state index in [4.69, 9.17) is 0 Å². The highest BCUT2D eigenvalue weighted by molar-refractivity contribution is 5.29. The Labute approximate surface area is 258 Å². The molecule has 0 unspecified atom stereocenters. The molecule has 0 saturated heterocycles. The largest absolute Gasteiger partial charge is 0.203 e. The van der Waals surface area contributed by atoms with Crippen LogP contribution in [0.25, 0.3) is 0 Å². The van der Waals surface area contributed by atoms with Gasteiger partial charge in [-0.2, -0.15) is 0 Å². The first-order valence-corrected chi connectivity index (χ1v) is 15.6. The van der Waals surface area contributed by atoms with Gasteiger partial charge < -0.3 is 0 Å². The van der Waals surface area contributed by atoms with Gasteiger partial charge in [-0.05, 0) is 68.4 Å². The maximum absolute atomic E-state index is 12.7. The Hall–Kier alpha value is -2.28. The molecule has 4 heteroatoms. The van der Waals surface area contributed by atoms with Crippen LogP contribution in [0.4, 0.5) is 17.6 Å². The van der Waals surface area contributed by atoms with Crippen LogP contribution < -0.4 is 0 Å². The predicted octanol–water partition coefficient (Wildman–Crippen LogP) is 13.2. The topological polar surface area (TPSA) is 0 Å². The van der Waals surface area contributed by atoms with E-state index in [0.29, 0.717) is 11.3 Å². The van der Waals surface area contributed by atoms with Crippen molar-refractivity contribution >= 4 is 0 Å². The first-order valence-electron chi connectivity index (χ1n) is 15.6. The van der Waals surface area contributed by atoms with Crippen LogP contribution in [0.1, 0.15) is 144 Å². The molecule has 242 valence electrons. The van der Waals surface area contributed by atoms with Gasteiger partial charge in [0.05, 0.1) is 0 Å². The maximum atomic E-state index is 12.7. The summed E-state index contributed by atoms with van der Waals surface area (Å²) in [6, 6.07) is 8.68. The fourth-order valence-corrected chi connectivity index (χ4v) is 3.70. The zero-order valence-corrected chi connectivity index (χ0v) is 29.6. The van der Waals surface area contributed by atoms with Gasteiger partial charge in [-0.15, -0.1) is 11.8 Å². The smallest absolute Gasteiger partial charge is 0.165 e. The van der Waals surface area contributed by atoms with Crippen molar-refractivity contribution in [2.75, 3.05) is 0 Å². The first kappa shape index (κ1) is 44.2. The van der Waals surface area contributed by atoms with E-state index < -0.39 is 34.4 Å². The number of rotatable bonds is 2. The van der Waals surface area contributed by atoms with Gasteiger partial charge in [-0.25, -0.2) is 17.6 Å². The van der Waals surface area contributed by atoms with Gasteiger partial charge in [0.2, 0.25) is 0 Å². The van der Waals surface area contributed by atoms with E-state index >= 15 is 0 Å². The Morgan fingerprint density at radius 1 is 0.714 bits per heavy atom. The van der Waals surface area contributed by atoms with Gasteiger partial charge in [0, 0.05) is 11.1 Å². The molecule has 0 aliphatic heterocycles. The Morgan fingerprint density at radius 2 is 1.00 bits per heavy atom. The molecule has 0 atom stereocenters. The lowest BCUT2D eigenvalue weighted by Gasteiger charge is -2.22. The molecule has 1 aliphatic rings. The van der Waals surface area contributed by atoms with E-state index in [9.17, 15) is 17.6 Å². The van der Waals surface area contributed by atoms with Gasteiger partial charge >= 0.3 is 0 Å². The number of hydrogen-bond acceptors (Lipinski definition) is 0. The van der Waals surface area contributed by atoms with Crippen molar-refractivity contribution in [3.63, 3.8) is 0 Å². The summed E-state index contributed by atoms with van der Waals surface area (Å²) in [6.07, 6.45) is 7.04. The van der Waals surface area contributed by atoms with E-state index in [1.54, 1.807) is 0 Å². The normalized spacial score (nSPS) is 15.2. The molecule has 0 spiro atoms. The highest BCUT2D eigenvalue weighted by atomic mass is 19.2. The van der Waals surface area contributed by atoms with Crippen molar-refractivity contribution in [1.82, 2.24) is 0 Å². The summed E-state index contributed by atoms with van der Waals surface area (Å²) in [5.74, 6) is 2.75. The molecular formula is C38H62F4. The van der Waals surface area contributed by atoms with Crippen LogP contribution in [0, 0.1) is 66.2 Å². The number of aryl methyl sites for hydroxylation is 1. The molecule has 0 amide bonds. The summed E-state index contributed by atoms with van der Waals surface area (Å²) >= 11 is 0. The maximum Gasteiger partial charge on any atom is 0.165 e. The van der Waals surface area contributed by atoms with Crippen LogP contribution in [0.2, 0.25) is 0 Å². The SMILES string of the molecule is CC.CC#CC.CC(C)(C)C.CC1CCC(C)CC1.CCc1ccccc1C(C)C.Cc1c(F)c(F)c(C)c(F)c1F. The Balaban J connectivity index is -0.000000469. The van der Waals surface area contributed by atoms with Crippen LogP contribution in [0.5, 0.6) is 0 Å². The lowest BCUT2D eigenvalue weighted by atomic mass is 9.84. The average molecular weight is 595 g/mol. The molecule has 2 aromatic carbocycles. The molecule has 42 heavy (non-hydrogen) atoms. The molecule has 0 bridgehead atoms. The minimum atomic E-state index is -1.33. The summed E-state index contributed by atoms with van der Waals surface area (Å²) in [4.78, 5) is 0. The van der Waals surface area contributed by atoms with Gasteiger partial charge in [0.1, 0.15) is 0 Å². The number of hydrogen-bond donors (Lipinski definition) is 0. The summed E-state index contributed by atoms with van der Waals surface area (Å²) in [5, 5.41) is 0. The third kappa shape index (κ3) is 20.6. The molecule has 2 aromatic rings. The standard InChI is InChI=1S/C11H16.C8H6F4.C8H16.C5H12.C4H6.C2H6/c1-4-10-7-5-6-8-11(10)9(2)3;1-3-5(9)7(11)4(2)8(12)6(3)10;1-7-3-5-8(2)6-4-7;1-5(2,3)4;1-3-4-2;1-2/h5-9H,4H2,1-3H3;1-2H3;7-8H,3-6H2,1-2H3;1-4H3;1-2H3;1-2H3. The lowest BCUT2D eigenvalue weighted by Crippen LogP contribution is -2.08. The minimum absolute atomic E-state index is 0.500. The van der Waals surface area contributed by atoms with Gasteiger partial charge in [-0.3, -0.25) is 0 Å². The summed E-state index contributed by atoms with van der Waals surface area (Å²) < 4.78 is 50.6. The van der Waals surface area contributed by atoms with E-state index in [0.717, 1.165) is 32.1 Å². The van der Waals surface area contributed by atoms with Gasteiger partial charge in [0.25, 0.3) is 0 Å². The van der Waals surface area contributed by atoms with Crippen molar-refractivity contribution in [1.29, 1.82) is 0 Å². The fraction of sp³-hybridized carbons (Fsp3) is 0.632. The quantitative estimate of drug-likeness (QED) is 0.184. The lowest BCUT2D eigenvalue weighted by molar-refractivity contribution is 0.308. The Morgan fingerprint density at radius 3 is 1.21 bits per heavy atom. The van der Waals surface area contributed by atoms with Crippen molar-refractivity contribution in [3.8, 4) is 11.8 Å². The predicted molar refractivity (Wildman–Crippen MR) is 178 cm³/mol.